The standard InChI is InChI=1S/C19H22N4O2/c1-13-21-19(22-25-13)17-9-3-2-6-10-23(17)18(24)11-14-12-20-16-8-5-4-7-15(14)16/h4-5,7-8,12,17,20H,2-3,6,9-11H2,1H3/t17-/m1/s1. The zero-order valence-corrected chi connectivity index (χ0v) is 14.4. The third-order valence-corrected chi connectivity index (χ3v) is 4.93. The molecule has 1 atom stereocenters. The molecule has 6 heteroatoms. The Morgan fingerprint density at radius 3 is 3.04 bits per heavy atom. The first-order valence-electron chi connectivity index (χ1n) is 8.87. The summed E-state index contributed by atoms with van der Waals surface area (Å²) in [7, 11) is 0. The summed E-state index contributed by atoms with van der Waals surface area (Å²) in [6.45, 7) is 2.53. The van der Waals surface area contributed by atoms with Crippen LogP contribution >= 0.6 is 0 Å². The molecule has 4 rings (SSSR count). The first-order chi connectivity index (χ1) is 12.2. The molecule has 0 radical (unpaired) electrons. The minimum Gasteiger partial charge on any atom is -0.361 e. The van der Waals surface area contributed by atoms with E-state index in [1.165, 1.54) is 0 Å². The topological polar surface area (TPSA) is 75.0 Å². The molecule has 1 amide bonds. The Balaban J connectivity index is 1.59. The second-order valence-corrected chi connectivity index (χ2v) is 6.66. The van der Waals surface area contributed by atoms with Crippen molar-refractivity contribution in [3.05, 3.63) is 47.7 Å². The molecule has 0 saturated carbocycles. The molecule has 1 aliphatic heterocycles. The van der Waals surface area contributed by atoms with Crippen LogP contribution in [0.2, 0.25) is 0 Å². The highest BCUT2D eigenvalue weighted by Gasteiger charge is 2.30. The second-order valence-electron chi connectivity index (χ2n) is 6.66. The largest absolute Gasteiger partial charge is 0.361 e. The number of carbonyl (C=O) groups is 1. The molecular formula is C19H22N4O2. The molecule has 1 saturated heterocycles. The number of carbonyl (C=O) groups excluding carboxylic acids is 1. The van der Waals surface area contributed by atoms with Crippen LogP contribution in [0.1, 0.15) is 49.0 Å². The van der Waals surface area contributed by atoms with Gasteiger partial charge in [-0.2, -0.15) is 4.98 Å². The van der Waals surface area contributed by atoms with E-state index in [0.29, 0.717) is 18.1 Å². The number of aryl methyl sites for hydroxylation is 1. The molecule has 1 aromatic carbocycles. The fourth-order valence-corrected chi connectivity index (χ4v) is 3.67. The van der Waals surface area contributed by atoms with E-state index in [-0.39, 0.29) is 11.9 Å². The molecule has 3 aromatic rings. The van der Waals surface area contributed by atoms with Crippen LogP contribution in [0.5, 0.6) is 0 Å². The number of nitrogens with one attached hydrogen (secondary N) is 1. The number of aromatic amines is 1. The normalized spacial score (nSPS) is 18.4. The van der Waals surface area contributed by atoms with Crippen LogP contribution < -0.4 is 0 Å². The smallest absolute Gasteiger partial charge is 0.227 e. The van der Waals surface area contributed by atoms with Crippen molar-refractivity contribution in [3.8, 4) is 0 Å². The molecule has 1 N–H and O–H groups in total. The van der Waals surface area contributed by atoms with Crippen molar-refractivity contribution in [1.29, 1.82) is 0 Å². The van der Waals surface area contributed by atoms with Crippen molar-refractivity contribution in [3.63, 3.8) is 0 Å². The fraction of sp³-hybridized carbons (Fsp3) is 0.421. The summed E-state index contributed by atoms with van der Waals surface area (Å²) in [4.78, 5) is 22.6. The Kier molecular flexibility index (Phi) is 4.26. The lowest BCUT2D eigenvalue weighted by Gasteiger charge is -2.27. The average molecular weight is 338 g/mol. The molecular weight excluding hydrogens is 316 g/mol. The first kappa shape index (κ1) is 15.9. The van der Waals surface area contributed by atoms with E-state index in [2.05, 4.69) is 21.2 Å². The minimum atomic E-state index is -0.0855. The van der Waals surface area contributed by atoms with Crippen molar-refractivity contribution in [2.24, 2.45) is 0 Å². The second kappa shape index (κ2) is 6.70. The van der Waals surface area contributed by atoms with E-state index in [9.17, 15) is 4.79 Å². The molecule has 130 valence electrons. The third-order valence-electron chi connectivity index (χ3n) is 4.93. The van der Waals surface area contributed by atoms with Gasteiger partial charge in [0.25, 0.3) is 0 Å². The highest BCUT2D eigenvalue weighted by atomic mass is 16.5. The molecule has 6 nitrogen and oxygen atoms in total. The van der Waals surface area contributed by atoms with E-state index < -0.39 is 0 Å². The fourth-order valence-electron chi connectivity index (χ4n) is 3.67. The lowest BCUT2D eigenvalue weighted by molar-refractivity contribution is -0.133. The summed E-state index contributed by atoms with van der Waals surface area (Å²) in [5.41, 5.74) is 2.10. The predicted molar refractivity (Wildman–Crippen MR) is 94.0 cm³/mol. The van der Waals surface area contributed by atoms with Gasteiger partial charge in [0.15, 0.2) is 5.82 Å². The molecule has 1 aliphatic rings. The van der Waals surface area contributed by atoms with Crippen molar-refractivity contribution in [2.45, 2.75) is 45.1 Å². The van der Waals surface area contributed by atoms with Gasteiger partial charge in [-0.15, -0.1) is 0 Å². The predicted octanol–water partition coefficient (Wildman–Crippen LogP) is 3.55. The molecule has 0 unspecified atom stereocenters. The Morgan fingerprint density at radius 2 is 2.20 bits per heavy atom. The number of nitrogens with zero attached hydrogens (tertiary/aromatic N) is 3. The van der Waals surface area contributed by atoms with Crippen LogP contribution in [0.4, 0.5) is 0 Å². The SMILES string of the molecule is Cc1nc([C@H]2CCCCCN2C(=O)Cc2c[nH]c3ccccc23)no1. The summed E-state index contributed by atoms with van der Waals surface area (Å²) >= 11 is 0. The van der Waals surface area contributed by atoms with Gasteiger partial charge in [0.05, 0.1) is 12.5 Å². The minimum absolute atomic E-state index is 0.0855. The summed E-state index contributed by atoms with van der Waals surface area (Å²) in [5, 5.41) is 5.18. The summed E-state index contributed by atoms with van der Waals surface area (Å²) in [5.74, 6) is 1.30. The Labute approximate surface area is 146 Å². The summed E-state index contributed by atoms with van der Waals surface area (Å²) < 4.78 is 5.15. The number of hydrogen-bond donors (Lipinski definition) is 1. The number of fused-ring (bicyclic) bond motifs is 1. The number of para-hydroxylation sites is 1. The number of aromatic nitrogens is 3. The van der Waals surface area contributed by atoms with Crippen molar-refractivity contribution < 1.29 is 9.32 Å². The van der Waals surface area contributed by atoms with Crippen LogP contribution in [-0.2, 0) is 11.2 Å². The molecule has 0 aliphatic carbocycles. The summed E-state index contributed by atoms with van der Waals surface area (Å²) in [6.07, 6.45) is 6.44. The van der Waals surface area contributed by atoms with Gasteiger partial charge < -0.3 is 14.4 Å². The van der Waals surface area contributed by atoms with Gasteiger partial charge in [-0.1, -0.05) is 36.2 Å². The third kappa shape index (κ3) is 3.16. The van der Waals surface area contributed by atoms with Crippen LogP contribution in [0.25, 0.3) is 10.9 Å². The number of hydrogen-bond acceptors (Lipinski definition) is 4. The highest BCUT2D eigenvalue weighted by Crippen LogP contribution is 2.29. The number of likely N-dealkylation sites (tertiary alicyclic amines) is 1. The zero-order chi connectivity index (χ0) is 17.2. The van der Waals surface area contributed by atoms with Gasteiger partial charge in [-0.25, -0.2) is 0 Å². The maximum Gasteiger partial charge on any atom is 0.227 e. The maximum absolute atomic E-state index is 13.1. The lowest BCUT2D eigenvalue weighted by atomic mass is 10.1. The molecule has 1 fully saturated rings. The van der Waals surface area contributed by atoms with Crippen LogP contribution in [0, 0.1) is 6.92 Å². The van der Waals surface area contributed by atoms with Crippen LogP contribution in [0.3, 0.4) is 0 Å². The number of H-pyrrole nitrogens is 1. The van der Waals surface area contributed by atoms with Gasteiger partial charge in [-0.3, -0.25) is 4.79 Å². The molecule has 25 heavy (non-hydrogen) atoms. The average Bonchev–Trinajstić information content (AvgIpc) is 3.14. The van der Waals surface area contributed by atoms with E-state index in [4.69, 9.17) is 4.52 Å². The first-order valence-corrected chi connectivity index (χ1v) is 8.87. The lowest BCUT2D eigenvalue weighted by Crippen LogP contribution is -2.36. The Morgan fingerprint density at radius 1 is 1.32 bits per heavy atom. The molecule has 0 bridgehead atoms. The molecule has 0 spiro atoms. The van der Waals surface area contributed by atoms with Crippen molar-refractivity contribution >= 4 is 16.8 Å². The van der Waals surface area contributed by atoms with Gasteiger partial charge in [0.1, 0.15) is 0 Å². The Hall–Kier alpha value is -2.63. The van der Waals surface area contributed by atoms with Crippen LogP contribution in [0.15, 0.2) is 35.0 Å². The molecule has 2 aromatic heterocycles. The van der Waals surface area contributed by atoms with Crippen molar-refractivity contribution in [1.82, 2.24) is 20.0 Å². The Bertz CT molecular complexity index is 882. The highest BCUT2D eigenvalue weighted by molar-refractivity contribution is 5.89. The monoisotopic (exact) mass is 338 g/mol. The van der Waals surface area contributed by atoms with Gasteiger partial charge in [0, 0.05) is 30.6 Å². The number of amides is 1. The maximum atomic E-state index is 13.1. The molecule has 3 heterocycles. The quantitative estimate of drug-likeness (QED) is 0.792. The van der Waals surface area contributed by atoms with E-state index >= 15 is 0 Å². The van der Waals surface area contributed by atoms with E-state index in [1.807, 2.05) is 29.3 Å². The summed E-state index contributed by atoms with van der Waals surface area (Å²) in [6, 6.07) is 7.99. The number of benzene rings is 1. The van der Waals surface area contributed by atoms with E-state index in [1.54, 1.807) is 6.92 Å². The zero-order valence-electron chi connectivity index (χ0n) is 14.4. The number of rotatable bonds is 3. The van der Waals surface area contributed by atoms with Crippen LogP contribution in [-0.4, -0.2) is 32.5 Å². The van der Waals surface area contributed by atoms with Gasteiger partial charge in [0.2, 0.25) is 11.8 Å². The van der Waals surface area contributed by atoms with Crippen molar-refractivity contribution in [2.75, 3.05) is 6.54 Å². The van der Waals surface area contributed by atoms with E-state index in [0.717, 1.165) is 48.7 Å². The van der Waals surface area contributed by atoms with Gasteiger partial charge >= 0.3 is 0 Å². The van der Waals surface area contributed by atoms with Gasteiger partial charge in [-0.05, 0) is 24.5 Å².